The van der Waals surface area contributed by atoms with E-state index in [2.05, 4.69) is 28.1 Å². The van der Waals surface area contributed by atoms with Crippen LogP contribution in [0.2, 0.25) is 0 Å². The predicted molar refractivity (Wildman–Crippen MR) is 78.2 cm³/mol. The Morgan fingerprint density at radius 2 is 1.75 bits per heavy atom. The Kier molecular flexibility index (Phi) is 8.74. The quantitative estimate of drug-likeness (QED) is 0.510. The molecule has 1 rings (SSSR count). The molecule has 0 aromatic heterocycles. The van der Waals surface area contributed by atoms with Crippen LogP contribution in [0, 0.1) is 0 Å². The van der Waals surface area contributed by atoms with Gasteiger partial charge in [0.25, 0.3) is 0 Å². The van der Waals surface area contributed by atoms with Gasteiger partial charge in [-0.15, -0.1) is 0 Å². The van der Waals surface area contributed by atoms with Gasteiger partial charge in [-0.25, -0.2) is 4.79 Å². The number of rotatable bonds is 7. The number of esters is 1. The van der Waals surface area contributed by atoms with Crippen molar-refractivity contribution in [3.8, 4) is 0 Å². The molecule has 0 N–H and O–H groups in total. The second kappa shape index (κ2) is 9.14. The number of halogens is 1. The number of nitrogens with zero attached hydrogens (tertiary/aromatic N) is 1. The summed E-state index contributed by atoms with van der Waals surface area (Å²) < 4.78 is 6.07. The molecule has 0 atom stereocenters. The molecule has 3 nitrogen and oxygen atoms in total. The van der Waals surface area contributed by atoms with Crippen LogP contribution in [0.4, 0.5) is 0 Å². The van der Waals surface area contributed by atoms with E-state index in [0.29, 0.717) is 12.2 Å². The van der Waals surface area contributed by atoms with Crippen molar-refractivity contribution in [2.45, 2.75) is 26.2 Å². The monoisotopic (exact) mass is 343 g/mol. The van der Waals surface area contributed by atoms with Crippen LogP contribution in [0.3, 0.4) is 0 Å². The van der Waals surface area contributed by atoms with Crippen LogP contribution in [0.25, 0.3) is 0 Å². The molecule has 4 heteroatoms. The number of carbonyl (C=O) groups is 1. The molecule has 0 bridgehead atoms. The van der Waals surface area contributed by atoms with Gasteiger partial charge in [-0.3, -0.25) is 0 Å². The maximum Gasteiger partial charge on any atom is 0.338 e. The minimum absolute atomic E-state index is 0. The standard InChI is InChI=1S/C16H26NO2.BrH/c1-5-6-7-14-8-10-15(11-9-14)16(18)19-13-12-17(2,3)4;/h8-11H,5-7,12-13H2,1-4H3;1H/q+1;/p-1. The summed E-state index contributed by atoms with van der Waals surface area (Å²) in [5, 5.41) is 0. The molecule has 1 aromatic carbocycles. The lowest BCUT2D eigenvalue weighted by atomic mass is 10.1. The van der Waals surface area contributed by atoms with Crippen molar-refractivity contribution >= 4 is 5.97 Å². The summed E-state index contributed by atoms with van der Waals surface area (Å²) in [6.45, 7) is 3.46. The zero-order valence-corrected chi connectivity index (χ0v) is 14.6. The highest BCUT2D eigenvalue weighted by Gasteiger charge is 2.11. The maximum atomic E-state index is 11.8. The Labute approximate surface area is 133 Å². The summed E-state index contributed by atoms with van der Waals surface area (Å²) in [4.78, 5) is 11.8. The van der Waals surface area contributed by atoms with Crippen molar-refractivity contribution in [2.75, 3.05) is 34.3 Å². The van der Waals surface area contributed by atoms with Crippen LogP contribution in [0.1, 0.15) is 35.7 Å². The van der Waals surface area contributed by atoms with Crippen molar-refractivity contribution in [3.05, 3.63) is 35.4 Å². The summed E-state index contributed by atoms with van der Waals surface area (Å²) in [6.07, 6.45) is 3.45. The summed E-state index contributed by atoms with van der Waals surface area (Å²) in [7, 11) is 6.24. The van der Waals surface area contributed by atoms with Gasteiger partial charge in [0.05, 0.1) is 26.7 Å². The molecule has 0 saturated heterocycles. The molecule has 0 fully saturated rings. The number of hydrogen-bond donors (Lipinski definition) is 0. The van der Waals surface area contributed by atoms with Crippen LogP contribution in [0.15, 0.2) is 24.3 Å². The fourth-order valence-corrected chi connectivity index (χ4v) is 1.68. The summed E-state index contributed by atoms with van der Waals surface area (Å²) in [5.41, 5.74) is 1.92. The first-order valence-electron chi connectivity index (χ1n) is 6.99. The van der Waals surface area contributed by atoms with Gasteiger partial charge >= 0.3 is 5.97 Å². The third kappa shape index (κ3) is 7.65. The van der Waals surface area contributed by atoms with Crippen LogP contribution >= 0.6 is 0 Å². The van der Waals surface area contributed by atoms with E-state index in [4.69, 9.17) is 4.74 Å². The van der Waals surface area contributed by atoms with Gasteiger partial charge in [0, 0.05) is 0 Å². The molecule has 0 radical (unpaired) electrons. The lowest BCUT2D eigenvalue weighted by molar-refractivity contribution is -0.870. The lowest BCUT2D eigenvalue weighted by Gasteiger charge is -2.23. The lowest BCUT2D eigenvalue weighted by Crippen LogP contribution is -3.00. The summed E-state index contributed by atoms with van der Waals surface area (Å²) in [5.74, 6) is -0.226. The third-order valence-corrected chi connectivity index (χ3v) is 3.00. The molecule has 0 aliphatic heterocycles. The number of likely N-dealkylation sites (N-methyl/N-ethyl adjacent to an activating group) is 1. The van der Waals surface area contributed by atoms with Crippen LogP contribution in [0.5, 0.6) is 0 Å². The zero-order valence-electron chi connectivity index (χ0n) is 13.0. The number of unbranched alkanes of at least 4 members (excludes halogenated alkanes) is 1. The Bertz CT molecular complexity index is 396. The van der Waals surface area contributed by atoms with Crippen LogP contribution in [-0.4, -0.2) is 44.7 Å². The average Bonchev–Trinajstić information content (AvgIpc) is 2.35. The first-order chi connectivity index (χ1) is 8.92. The van der Waals surface area contributed by atoms with Crippen LogP contribution in [-0.2, 0) is 11.2 Å². The highest BCUT2D eigenvalue weighted by Crippen LogP contribution is 2.09. The highest BCUT2D eigenvalue weighted by molar-refractivity contribution is 5.89. The van der Waals surface area contributed by atoms with Crippen molar-refractivity contribution < 1.29 is 31.0 Å². The maximum absolute atomic E-state index is 11.8. The van der Waals surface area contributed by atoms with Crippen molar-refractivity contribution in [2.24, 2.45) is 0 Å². The molecule has 0 amide bonds. The first kappa shape index (κ1) is 19.1. The molecule has 20 heavy (non-hydrogen) atoms. The topological polar surface area (TPSA) is 26.3 Å². The van der Waals surface area contributed by atoms with E-state index < -0.39 is 0 Å². The van der Waals surface area contributed by atoms with Gasteiger partial charge in [0.2, 0.25) is 0 Å². The van der Waals surface area contributed by atoms with Gasteiger partial charge in [0.15, 0.2) is 0 Å². The third-order valence-electron chi connectivity index (χ3n) is 3.00. The van der Waals surface area contributed by atoms with Gasteiger partial charge in [-0.1, -0.05) is 25.5 Å². The molecular formula is C16H26BrNO2. The van der Waals surface area contributed by atoms with E-state index in [1.807, 2.05) is 24.3 Å². The molecule has 0 aliphatic carbocycles. The van der Waals surface area contributed by atoms with Crippen LogP contribution < -0.4 is 17.0 Å². The van der Waals surface area contributed by atoms with Gasteiger partial charge in [0.1, 0.15) is 13.2 Å². The molecule has 0 unspecified atom stereocenters. The number of aryl methyl sites for hydroxylation is 1. The average molecular weight is 344 g/mol. The van der Waals surface area contributed by atoms with E-state index in [1.54, 1.807) is 0 Å². The second-order valence-corrected chi connectivity index (χ2v) is 5.95. The number of benzene rings is 1. The first-order valence-corrected chi connectivity index (χ1v) is 6.99. The van der Waals surface area contributed by atoms with E-state index in [0.717, 1.165) is 17.4 Å². The van der Waals surface area contributed by atoms with Crippen molar-refractivity contribution in [1.82, 2.24) is 0 Å². The normalized spacial score (nSPS) is 10.8. The minimum atomic E-state index is -0.226. The molecular weight excluding hydrogens is 318 g/mol. The second-order valence-electron chi connectivity index (χ2n) is 5.95. The van der Waals surface area contributed by atoms with Crippen molar-refractivity contribution in [1.29, 1.82) is 0 Å². The minimum Gasteiger partial charge on any atom is -1.00 e. The molecule has 0 spiro atoms. The summed E-state index contributed by atoms with van der Waals surface area (Å²) >= 11 is 0. The molecule has 114 valence electrons. The number of carbonyl (C=O) groups excluding carboxylic acids is 1. The zero-order chi connectivity index (χ0) is 14.3. The van der Waals surface area contributed by atoms with E-state index in [9.17, 15) is 4.79 Å². The molecule has 0 aliphatic rings. The number of hydrogen-bond acceptors (Lipinski definition) is 2. The Morgan fingerprint density at radius 3 is 2.25 bits per heavy atom. The predicted octanol–water partition coefficient (Wildman–Crippen LogP) is -0.104. The van der Waals surface area contributed by atoms with Gasteiger partial charge in [-0.2, -0.15) is 0 Å². The number of ether oxygens (including phenoxy) is 1. The fourth-order valence-electron chi connectivity index (χ4n) is 1.68. The smallest absolute Gasteiger partial charge is 0.338 e. The Hall–Kier alpha value is -0.870. The Balaban J connectivity index is 0.00000361. The molecule has 1 aromatic rings. The highest BCUT2D eigenvalue weighted by atomic mass is 79.9. The SMILES string of the molecule is CCCCc1ccc(C(=O)OCC[N+](C)(C)C)cc1.[Br-]. The van der Waals surface area contributed by atoms with Gasteiger partial charge in [-0.05, 0) is 30.5 Å². The molecule has 0 saturated carbocycles. The van der Waals surface area contributed by atoms with E-state index in [-0.39, 0.29) is 23.0 Å². The molecule has 0 heterocycles. The van der Waals surface area contributed by atoms with Crippen molar-refractivity contribution in [3.63, 3.8) is 0 Å². The van der Waals surface area contributed by atoms with E-state index >= 15 is 0 Å². The largest absolute Gasteiger partial charge is 1.00 e. The number of quaternary nitrogens is 1. The van der Waals surface area contributed by atoms with Gasteiger partial charge < -0.3 is 26.2 Å². The fraction of sp³-hybridized carbons (Fsp3) is 0.562. The van der Waals surface area contributed by atoms with E-state index in [1.165, 1.54) is 18.4 Å². The Morgan fingerprint density at radius 1 is 1.15 bits per heavy atom. The summed E-state index contributed by atoms with van der Waals surface area (Å²) in [6, 6.07) is 7.76.